The Balaban J connectivity index is 1.26. The van der Waals surface area contributed by atoms with Crippen LogP contribution in [0.25, 0.3) is 44.2 Å². The second-order valence-corrected chi connectivity index (χ2v) is 13.3. The van der Waals surface area contributed by atoms with Gasteiger partial charge in [-0.15, -0.1) is 0 Å². The van der Waals surface area contributed by atoms with E-state index in [-0.39, 0.29) is 5.41 Å². The van der Waals surface area contributed by atoms with Crippen LogP contribution in [0.2, 0.25) is 0 Å². The predicted octanol–water partition coefficient (Wildman–Crippen LogP) is 13.3. The third-order valence-electron chi connectivity index (χ3n) is 10.7. The van der Waals surface area contributed by atoms with Gasteiger partial charge in [-0.25, -0.2) is 0 Å². The summed E-state index contributed by atoms with van der Waals surface area (Å²) in [5.74, 6) is 0. The molecule has 1 aliphatic carbocycles. The van der Waals surface area contributed by atoms with Crippen LogP contribution in [-0.4, -0.2) is 0 Å². The zero-order valence-electron chi connectivity index (χ0n) is 28.3. The second-order valence-electron chi connectivity index (χ2n) is 13.3. The third-order valence-corrected chi connectivity index (χ3v) is 10.7. The summed E-state index contributed by atoms with van der Waals surface area (Å²) in [6, 6.07) is 56.2. The van der Waals surface area contributed by atoms with Crippen molar-refractivity contribution in [2.45, 2.75) is 46.0 Å². The van der Waals surface area contributed by atoms with Crippen molar-refractivity contribution in [3.05, 3.63) is 174 Å². The van der Waals surface area contributed by atoms with Crippen molar-refractivity contribution in [3.8, 4) is 33.4 Å². The van der Waals surface area contributed by atoms with Crippen molar-refractivity contribution in [3.63, 3.8) is 0 Å². The largest absolute Gasteiger partial charge is 0.310 e. The number of anilines is 3. The second kappa shape index (κ2) is 12.0. The Morgan fingerprint density at radius 2 is 1.08 bits per heavy atom. The zero-order valence-corrected chi connectivity index (χ0v) is 28.3. The number of rotatable bonds is 7. The minimum atomic E-state index is 0.0738. The molecule has 0 amide bonds. The number of fused-ring (bicyclic) bond motifs is 4. The highest BCUT2D eigenvalue weighted by atomic mass is 15.1. The van der Waals surface area contributed by atoms with Crippen LogP contribution >= 0.6 is 0 Å². The van der Waals surface area contributed by atoms with Crippen LogP contribution in [0.5, 0.6) is 0 Å². The fraction of sp³-hybridized carbons (Fsp3) is 0.149. The van der Waals surface area contributed by atoms with Crippen molar-refractivity contribution < 1.29 is 0 Å². The van der Waals surface area contributed by atoms with Gasteiger partial charge in [0.05, 0.1) is 0 Å². The number of benzene rings is 7. The fourth-order valence-corrected chi connectivity index (χ4v) is 8.12. The first-order valence-corrected chi connectivity index (χ1v) is 17.3. The van der Waals surface area contributed by atoms with E-state index in [2.05, 4.69) is 184 Å². The van der Waals surface area contributed by atoms with Gasteiger partial charge in [-0.1, -0.05) is 123 Å². The third kappa shape index (κ3) is 4.85. The summed E-state index contributed by atoms with van der Waals surface area (Å²) in [6.45, 7) is 9.08. The van der Waals surface area contributed by atoms with E-state index >= 15 is 0 Å². The molecule has 0 saturated heterocycles. The molecule has 0 N–H and O–H groups in total. The van der Waals surface area contributed by atoms with Gasteiger partial charge in [0.2, 0.25) is 0 Å². The normalized spacial score (nSPS) is 12.9. The predicted molar refractivity (Wildman–Crippen MR) is 206 cm³/mol. The molecular weight excluding hydrogens is 579 g/mol. The van der Waals surface area contributed by atoms with Crippen LogP contribution in [0.15, 0.2) is 152 Å². The van der Waals surface area contributed by atoms with Gasteiger partial charge in [-0.2, -0.15) is 0 Å². The first kappa shape index (κ1) is 30.0. The fourth-order valence-electron chi connectivity index (χ4n) is 8.12. The Bertz CT molecular complexity index is 2270. The molecule has 1 nitrogen and oxygen atoms in total. The number of hydrogen-bond acceptors (Lipinski definition) is 1. The molecule has 0 saturated carbocycles. The summed E-state index contributed by atoms with van der Waals surface area (Å²) in [5, 5.41) is 2.57. The first-order valence-electron chi connectivity index (χ1n) is 17.3. The lowest BCUT2D eigenvalue weighted by Crippen LogP contribution is -2.22. The lowest BCUT2D eigenvalue weighted by molar-refractivity contribution is 0.491. The molecule has 0 heterocycles. The molecule has 0 unspecified atom stereocenters. The minimum Gasteiger partial charge on any atom is -0.310 e. The zero-order chi connectivity index (χ0) is 32.8. The van der Waals surface area contributed by atoms with E-state index in [1.54, 1.807) is 0 Å². The Hall–Kier alpha value is -5.40. The molecule has 0 aliphatic heterocycles. The standard InChI is InChI=1S/C47H41N/c1-5-47(6-2)44-19-13-12-18-42(44)43-30-37-29-39(27-24-36(37)31-45(43)47)48(46-28-32(3)20-21-33(46)4)38-25-22-35(23-26-38)41-17-11-10-16-40(41)34-14-8-7-9-15-34/h7-31H,5-6H2,1-4H3. The van der Waals surface area contributed by atoms with E-state index in [0.29, 0.717) is 0 Å². The Morgan fingerprint density at radius 3 is 1.79 bits per heavy atom. The molecule has 48 heavy (non-hydrogen) atoms. The topological polar surface area (TPSA) is 3.24 Å². The molecular formula is C47H41N. The highest BCUT2D eigenvalue weighted by molar-refractivity contribution is 5.96. The maximum atomic E-state index is 2.47. The van der Waals surface area contributed by atoms with Gasteiger partial charge in [0.15, 0.2) is 0 Å². The molecule has 7 aromatic carbocycles. The first-order chi connectivity index (χ1) is 23.5. The van der Waals surface area contributed by atoms with Crippen molar-refractivity contribution in [2.75, 3.05) is 4.90 Å². The maximum absolute atomic E-state index is 2.47. The summed E-state index contributed by atoms with van der Waals surface area (Å²) >= 11 is 0. The van der Waals surface area contributed by atoms with Gasteiger partial charge in [-0.3, -0.25) is 0 Å². The number of nitrogens with zero attached hydrogens (tertiary/aromatic N) is 1. The Kier molecular flexibility index (Phi) is 7.49. The lowest BCUT2D eigenvalue weighted by atomic mass is 9.73. The van der Waals surface area contributed by atoms with Gasteiger partial charge in [0, 0.05) is 22.5 Å². The lowest BCUT2D eigenvalue weighted by Gasteiger charge is -2.30. The highest BCUT2D eigenvalue weighted by Crippen LogP contribution is 2.54. The monoisotopic (exact) mass is 619 g/mol. The van der Waals surface area contributed by atoms with E-state index in [9.17, 15) is 0 Å². The van der Waals surface area contributed by atoms with Crippen molar-refractivity contribution >= 4 is 27.8 Å². The van der Waals surface area contributed by atoms with Crippen LogP contribution in [0.4, 0.5) is 17.1 Å². The minimum absolute atomic E-state index is 0.0738. The van der Waals surface area contributed by atoms with E-state index < -0.39 is 0 Å². The smallest absolute Gasteiger partial charge is 0.0493 e. The van der Waals surface area contributed by atoms with Gasteiger partial charge >= 0.3 is 0 Å². The molecule has 0 atom stereocenters. The molecule has 0 aromatic heterocycles. The van der Waals surface area contributed by atoms with Crippen molar-refractivity contribution in [1.29, 1.82) is 0 Å². The Morgan fingerprint density at radius 1 is 0.458 bits per heavy atom. The van der Waals surface area contributed by atoms with Gasteiger partial charge in [0.25, 0.3) is 0 Å². The van der Waals surface area contributed by atoms with E-state index in [0.717, 1.165) is 24.2 Å². The molecule has 0 radical (unpaired) electrons. The number of hydrogen-bond donors (Lipinski definition) is 0. The van der Waals surface area contributed by atoms with Crippen LogP contribution in [0.3, 0.4) is 0 Å². The molecule has 0 fully saturated rings. The summed E-state index contributed by atoms with van der Waals surface area (Å²) in [7, 11) is 0. The summed E-state index contributed by atoms with van der Waals surface area (Å²) in [5.41, 5.74) is 16.7. The molecule has 8 rings (SSSR count). The average molecular weight is 620 g/mol. The van der Waals surface area contributed by atoms with Crippen LogP contribution in [0.1, 0.15) is 48.9 Å². The van der Waals surface area contributed by atoms with E-state index in [1.165, 1.54) is 72.1 Å². The van der Waals surface area contributed by atoms with Crippen molar-refractivity contribution in [1.82, 2.24) is 0 Å². The average Bonchev–Trinajstić information content (AvgIpc) is 3.41. The van der Waals surface area contributed by atoms with Crippen molar-refractivity contribution in [2.24, 2.45) is 0 Å². The highest BCUT2D eigenvalue weighted by Gasteiger charge is 2.40. The SMILES string of the molecule is CCC1(CC)c2ccccc2-c2cc3cc(N(c4ccc(-c5ccccc5-c5ccccc5)cc4)c4cc(C)ccc4C)ccc3cc21. The molecule has 234 valence electrons. The van der Waals surface area contributed by atoms with E-state index in [4.69, 9.17) is 0 Å². The molecule has 0 spiro atoms. The number of aryl methyl sites for hydroxylation is 2. The summed E-state index contributed by atoms with van der Waals surface area (Å²) in [6.07, 6.45) is 2.20. The molecule has 0 bridgehead atoms. The van der Waals surface area contributed by atoms with Crippen LogP contribution < -0.4 is 4.90 Å². The molecule has 7 aromatic rings. The van der Waals surface area contributed by atoms with Gasteiger partial charge in [0.1, 0.15) is 0 Å². The molecule has 1 aliphatic rings. The van der Waals surface area contributed by atoms with Crippen LogP contribution in [-0.2, 0) is 5.41 Å². The summed E-state index contributed by atoms with van der Waals surface area (Å²) < 4.78 is 0. The maximum Gasteiger partial charge on any atom is 0.0493 e. The van der Waals surface area contributed by atoms with Crippen LogP contribution in [0, 0.1) is 13.8 Å². The summed E-state index contributed by atoms with van der Waals surface area (Å²) in [4.78, 5) is 2.43. The Labute approximate surface area is 285 Å². The van der Waals surface area contributed by atoms with Gasteiger partial charge in [-0.05, 0) is 136 Å². The molecule has 1 heteroatoms. The van der Waals surface area contributed by atoms with Gasteiger partial charge < -0.3 is 4.90 Å². The van der Waals surface area contributed by atoms with E-state index in [1.807, 2.05) is 0 Å². The quantitative estimate of drug-likeness (QED) is 0.172.